The molecule has 0 aliphatic rings. The van der Waals surface area contributed by atoms with Gasteiger partial charge in [-0.3, -0.25) is 9.79 Å². The second-order valence-corrected chi connectivity index (χ2v) is 8.66. The van der Waals surface area contributed by atoms with Gasteiger partial charge in [-0.25, -0.2) is 14.5 Å². The lowest BCUT2D eigenvalue weighted by Crippen LogP contribution is -2.06. The molecule has 0 saturated carbocycles. The van der Waals surface area contributed by atoms with Crippen molar-refractivity contribution in [3.8, 4) is 11.5 Å². The number of aryl methyl sites for hydroxylation is 1. The summed E-state index contributed by atoms with van der Waals surface area (Å²) in [5.41, 5.74) is 9.49. The number of phosphoric acid groups is 1. The van der Waals surface area contributed by atoms with Crippen LogP contribution in [0.3, 0.4) is 0 Å². The Hall–Kier alpha value is -3.13. The Kier molecular flexibility index (Phi) is 6.06. The van der Waals surface area contributed by atoms with Gasteiger partial charge in [0.15, 0.2) is 17.3 Å². The number of nitrogens with two attached hydrogens (primary N) is 1. The summed E-state index contributed by atoms with van der Waals surface area (Å²) in [5.74, 6) is 1.50. The minimum atomic E-state index is -4.70. The van der Waals surface area contributed by atoms with Crippen LogP contribution in [0.15, 0.2) is 42.5 Å². The molecule has 0 bridgehead atoms. The second kappa shape index (κ2) is 8.78. The molecule has 32 heavy (non-hydrogen) atoms. The Morgan fingerprint density at radius 2 is 1.91 bits per heavy atom. The first-order valence-corrected chi connectivity index (χ1v) is 11.8. The number of fused-ring (bicyclic) bond motifs is 3. The van der Waals surface area contributed by atoms with Gasteiger partial charge in [0.25, 0.3) is 0 Å². The third-order valence-electron chi connectivity index (χ3n) is 5.23. The van der Waals surface area contributed by atoms with E-state index in [0.717, 1.165) is 47.1 Å². The molecule has 0 saturated heterocycles. The maximum atomic E-state index is 11.2. The molecule has 4 aromatic rings. The number of imidazole rings is 1. The lowest BCUT2D eigenvalue weighted by atomic mass is 10.1. The molecular weight excluding hydrogens is 431 g/mol. The zero-order chi connectivity index (χ0) is 22.9. The van der Waals surface area contributed by atoms with Gasteiger partial charge < -0.3 is 19.6 Å². The van der Waals surface area contributed by atoms with Gasteiger partial charge in [0.1, 0.15) is 11.3 Å². The topological polar surface area (TPSA) is 133 Å². The summed E-state index contributed by atoms with van der Waals surface area (Å²) >= 11 is 0. The molecule has 10 heteroatoms. The fourth-order valence-corrected chi connectivity index (χ4v) is 4.20. The lowest BCUT2D eigenvalue weighted by Gasteiger charge is -2.14. The van der Waals surface area contributed by atoms with Crippen LogP contribution in [-0.4, -0.2) is 31.4 Å². The fourth-order valence-electron chi connectivity index (χ4n) is 3.80. The molecule has 0 spiro atoms. The number of nitrogens with zero attached hydrogens (tertiary/aromatic N) is 3. The van der Waals surface area contributed by atoms with Crippen molar-refractivity contribution in [3.63, 3.8) is 0 Å². The smallest absolute Gasteiger partial charge is 0.493 e. The van der Waals surface area contributed by atoms with Crippen molar-refractivity contribution in [2.24, 2.45) is 0 Å². The predicted octanol–water partition coefficient (Wildman–Crippen LogP) is 4.04. The Balaban J connectivity index is 1.85. The SMILES string of the molecule is CCCCc1nc2c(N)nc3ccccc3c2n1Cc1ccc(OP(=O)(O)O)c(OC)c1. The molecule has 0 atom stereocenters. The number of ether oxygens (including phenoxy) is 1. The molecule has 9 nitrogen and oxygen atoms in total. The average Bonchev–Trinajstić information content (AvgIpc) is 3.11. The number of para-hydroxylation sites is 1. The van der Waals surface area contributed by atoms with Crippen LogP contribution >= 0.6 is 7.82 Å². The van der Waals surface area contributed by atoms with Gasteiger partial charge >= 0.3 is 7.82 Å². The first-order chi connectivity index (χ1) is 15.3. The highest BCUT2D eigenvalue weighted by Gasteiger charge is 2.21. The number of hydrogen-bond donors (Lipinski definition) is 3. The molecular formula is C22H25N4O5P. The standard InChI is InChI=1S/C22H25N4O5P/c1-3-4-9-19-25-20-21(15-7-5-6-8-16(15)24-22(20)23)26(19)13-14-10-11-17(18(12-14)30-2)31-32(27,28)29/h5-8,10-12H,3-4,9,13H2,1-2H3,(H2,23,24)(H2,27,28,29). The predicted molar refractivity (Wildman–Crippen MR) is 123 cm³/mol. The van der Waals surface area contributed by atoms with E-state index in [0.29, 0.717) is 17.9 Å². The van der Waals surface area contributed by atoms with E-state index in [4.69, 9.17) is 29.8 Å². The van der Waals surface area contributed by atoms with E-state index in [-0.39, 0.29) is 11.5 Å². The van der Waals surface area contributed by atoms with Crippen LogP contribution in [0.4, 0.5) is 5.82 Å². The molecule has 0 fully saturated rings. The maximum absolute atomic E-state index is 11.2. The summed E-state index contributed by atoms with van der Waals surface area (Å²) in [6, 6.07) is 12.7. The number of nitrogen functional groups attached to an aromatic ring is 1. The third kappa shape index (κ3) is 4.41. The monoisotopic (exact) mass is 456 g/mol. The number of aromatic nitrogens is 3. The molecule has 168 valence electrons. The van der Waals surface area contributed by atoms with Gasteiger partial charge in [-0.1, -0.05) is 37.6 Å². The molecule has 0 radical (unpaired) electrons. The van der Waals surface area contributed by atoms with Crippen molar-refractivity contribution in [3.05, 3.63) is 53.9 Å². The maximum Gasteiger partial charge on any atom is 0.524 e. The van der Waals surface area contributed by atoms with E-state index >= 15 is 0 Å². The van der Waals surface area contributed by atoms with Crippen LogP contribution in [0, 0.1) is 0 Å². The van der Waals surface area contributed by atoms with Gasteiger partial charge in [0, 0.05) is 18.4 Å². The Morgan fingerprint density at radius 3 is 2.62 bits per heavy atom. The zero-order valence-corrected chi connectivity index (χ0v) is 18.7. The summed E-state index contributed by atoms with van der Waals surface area (Å²) in [7, 11) is -3.28. The first-order valence-electron chi connectivity index (χ1n) is 10.3. The summed E-state index contributed by atoms with van der Waals surface area (Å²) in [6.07, 6.45) is 2.79. The normalized spacial score (nSPS) is 11.9. The van der Waals surface area contributed by atoms with Crippen LogP contribution in [0.2, 0.25) is 0 Å². The van der Waals surface area contributed by atoms with Crippen molar-refractivity contribution < 1.29 is 23.6 Å². The third-order valence-corrected chi connectivity index (χ3v) is 5.66. The molecule has 4 N–H and O–H groups in total. The Bertz CT molecular complexity index is 1330. The minimum absolute atomic E-state index is 0.0230. The zero-order valence-electron chi connectivity index (χ0n) is 17.9. The largest absolute Gasteiger partial charge is 0.524 e. The van der Waals surface area contributed by atoms with Gasteiger partial charge in [0.05, 0.1) is 18.1 Å². The number of phosphoric ester groups is 1. The molecule has 0 unspecified atom stereocenters. The Morgan fingerprint density at radius 1 is 1.12 bits per heavy atom. The van der Waals surface area contributed by atoms with Crippen LogP contribution in [-0.2, 0) is 17.5 Å². The molecule has 4 rings (SSSR count). The molecule has 0 aliphatic carbocycles. The van der Waals surface area contributed by atoms with Crippen LogP contribution < -0.4 is 15.0 Å². The van der Waals surface area contributed by atoms with E-state index in [9.17, 15) is 4.57 Å². The van der Waals surface area contributed by atoms with Crippen molar-refractivity contribution in [1.82, 2.24) is 14.5 Å². The van der Waals surface area contributed by atoms with E-state index < -0.39 is 7.82 Å². The highest BCUT2D eigenvalue weighted by molar-refractivity contribution is 7.46. The van der Waals surface area contributed by atoms with E-state index in [1.54, 1.807) is 12.1 Å². The van der Waals surface area contributed by atoms with Gasteiger partial charge in [0.2, 0.25) is 0 Å². The number of unbranched alkanes of at least 4 members (excludes halogenated alkanes) is 1. The van der Waals surface area contributed by atoms with Crippen LogP contribution in [0.25, 0.3) is 21.9 Å². The van der Waals surface area contributed by atoms with Crippen molar-refractivity contribution in [1.29, 1.82) is 0 Å². The molecule has 0 aliphatic heterocycles. The van der Waals surface area contributed by atoms with Crippen molar-refractivity contribution in [2.75, 3.05) is 12.8 Å². The molecule has 2 aromatic carbocycles. The molecule has 2 aromatic heterocycles. The number of benzene rings is 2. The molecule has 2 heterocycles. The Labute approximate surface area is 185 Å². The lowest BCUT2D eigenvalue weighted by molar-refractivity contribution is 0.276. The highest BCUT2D eigenvalue weighted by Crippen LogP contribution is 2.42. The van der Waals surface area contributed by atoms with Crippen LogP contribution in [0.5, 0.6) is 11.5 Å². The van der Waals surface area contributed by atoms with Gasteiger partial charge in [-0.2, -0.15) is 0 Å². The van der Waals surface area contributed by atoms with Crippen molar-refractivity contribution in [2.45, 2.75) is 32.7 Å². The summed E-state index contributed by atoms with van der Waals surface area (Å²) < 4.78 is 23.4. The average molecular weight is 456 g/mol. The number of rotatable bonds is 8. The fraction of sp³-hybridized carbons (Fsp3) is 0.273. The second-order valence-electron chi connectivity index (χ2n) is 7.50. The number of hydrogen-bond acceptors (Lipinski definition) is 6. The van der Waals surface area contributed by atoms with Gasteiger partial charge in [-0.15, -0.1) is 0 Å². The van der Waals surface area contributed by atoms with Gasteiger partial charge in [-0.05, 0) is 30.2 Å². The number of pyridine rings is 1. The quantitative estimate of drug-likeness (QED) is 0.339. The summed E-state index contributed by atoms with van der Waals surface area (Å²) in [5, 5.41) is 0.959. The summed E-state index contributed by atoms with van der Waals surface area (Å²) in [4.78, 5) is 27.6. The van der Waals surface area contributed by atoms with Crippen molar-refractivity contribution >= 4 is 35.6 Å². The van der Waals surface area contributed by atoms with E-state index in [2.05, 4.69) is 16.5 Å². The van der Waals surface area contributed by atoms with E-state index in [1.807, 2.05) is 24.3 Å². The summed E-state index contributed by atoms with van der Waals surface area (Å²) in [6.45, 7) is 2.60. The minimum Gasteiger partial charge on any atom is -0.493 e. The van der Waals surface area contributed by atoms with Crippen LogP contribution in [0.1, 0.15) is 31.2 Å². The van der Waals surface area contributed by atoms with E-state index in [1.165, 1.54) is 13.2 Å². The number of anilines is 1. The first kappa shape index (κ1) is 22.1. The highest BCUT2D eigenvalue weighted by atomic mass is 31.2. The number of methoxy groups -OCH3 is 1. The molecule has 0 amide bonds.